The molecule has 0 saturated carbocycles. The molecule has 0 aromatic heterocycles. The number of esters is 2. The molecule has 0 aromatic carbocycles. The molecule has 0 bridgehead atoms. The highest BCUT2D eigenvalue weighted by Crippen LogP contribution is 2.16. The Labute approximate surface area is 255 Å². The van der Waals surface area contributed by atoms with Gasteiger partial charge in [-0.3, -0.25) is 9.59 Å². The van der Waals surface area contributed by atoms with Gasteiger partial charge < -0.3 is 14.6 Å². The summed E-state index contributed by atoms with van der Waals surface area (Å²) in [5.41, 5.74) is 0. The van der Waals surface area contributed by atoms with E-state index in [2.05, 4.69) is 27.7 Å². The monoisotopic (exact) mass is 583 g/mol. The molecule has 5 heteroatoms. The minimum Gasteiger partial charge on any atom is -0.462 e. The van der Waals surface area contributed by atoms with Crippen LogP contribution in [0, 0.1) is 11.8 Å². The van der Waals surface area contributed by atoms with Crippen molar-refractivity contribution in [3.05, 3.63) is 0 Å². The van der Waals surface area contributed by atoms with Crippen molar-refractivity contribution >= 4 is 11.9 Å². The minimum absolute atomic E-state index is 0.0603. The number of aliphatic hydroxyl groups is 1. The number of carbonyl (C=O) groups is 2. The maximum Gasteiger partial charge on any atom is 0.306 e. The van der Waals surface area contributed by atoms with Gasteiger partial charge in [-0.15, -0.1) is 0 Å². The number of ether oxygens (including phenoxy) is 2. The van der Waals surface area contributed by atoms with Crippen LogP contribution in [0.25, 0.3) is 0 Å². The number of carbonyl (C=O) groups excluding carboxylic acids is 2. The summed E-state index contributed by atoms with van der Waals surface area (Å²) in [6, 6.07) is 0. The molecule has 1 N–H and O–H groups in total. The lowest BCUT2D eigenvalue weighted by Crippen LogP contribution is -2.28. The van der Waals surface area contributed by atoms with E-state index in [0.29, 0.717) is 12.8 Å². The number of rotatable bonds is 31. The van der Waals surface area contributed by atoms with Crippen LogP contribution in [0.4, 0.5) is 0 Å². The first-order valence-corrected chi connectivity index (χ1v) is 17.8. The van der Waals surface area contributed by atoms with Gasteiger partial charge in [0.25, 0.3) is 0 Å². The van der Waals surface area contributed by atoms with Crippen LogP contribution in [0.1, 0.15) is 188 Å². The SMILES string of the molecule is CC(C)CCCCCCCCCCCCCCCCCC(=O)OC[C@H](CO)OC(=O)CCCCCCCCC(C)C. The molecule has 5 nitrogen and oxygen atoms in total. The van der Waals surface area contributed by atoms with E-state index in [1.165, 1.54) is 116 Å². The van der Waals surface area contributed by atoms with Crippen molar-refractivity contribution in [1.29, 1.82) is 0 Å². The van der Waals surface area contributed by atoms with Crippen LogP contribution in [0.3, 0.4) is 0 Å². The standard InChI is InChI=1S/C36H70O5/c1-32(2)26-22-18-14-12-10-8-6-5-7-9-11-13-15-20-24-28-35(38)40-31-34(30-37)41-36(39)29-25-21-17-16-19-23-27-33(3)4/h32-34,37H,5-31H2,1-4H3/t34-/m0/s1. The number of hydrogen-bond acceptors (Lipinski definition) is 5. The average molecular weight is 583 g/mol. The van der Waals surface area contributed by atoms with Crippen LogP contribution < -0.4 is 0 Å². The van der Waals surface area contributed by atoms with Crippen molar-refractivity contribution in [3.63, 3.8) is 0 Å². The predicted octanol–water partition coefficient (Wildman–Crippen LogP) is 10.5. The predicted molar refractivity (Wildman–Crippen MR) is 173 cm³/mol. The van der Waals surface area contributed by atoms with Gasteiger partial charge in [0.1, 0.15) is 6.61 Å². The van der Waals surface area contributed by atoms with E-state index in [9.17, 15) is 14.7 Å². The molecule has 41 heavy (non-hydrogen) atoms. The van der Waals surface area contributed by atoms with Crippen LogP contribution in [0.15, 0.2) is 0 Å². The van der Waals surface area contributed by atoms with Crippen LogP contribution >= 0.6 is 0 Å². The summed E-state index contributed by atoms with van der Waals surface area (Å²) in [5.74, 6) is 1.04. The summed E-state index contributed by atoms with van der Waals surface area (Å²) in [5, 5.41) is 9.49. The number of aliphatic hydroxyl groups excluding tert-OH is 1. The first-order chi connectivity index (χ1) is 19.8. The Kier molecular flexibility index (Phi) is 29.5. The second-order valence-corrected chi connectivity index (χ2v) is 13.3. The fourth-order valence-corrected chi connectivity index (χ4v) is 5.28. The van der Waals surface area contributed by atoms with Gasteiger partial charge in [-0.25, -0.2) is 0 Å². The van der Waals surface area contributed by atoms with Gasteiger partial charge in [-0.1, -0.05) is 163 Å². The summed E-state index contributed by atoms with van der Waals surface area (Å²) in [7, 11) is 0. The molecule has 0 aliphatic rings. The quantitative estimate of drug-likeness (QED) is 0.0650. The zero-order valence-corrected chi connectivity index (χ0v) is 27.9. The van der Waals surface area contributed by atoms with Crippen molar-refractivity contribution in [1.82, 2.24) is 0 Å². The van der Waals surface area contributed by atoms with Gasteiger partial charge in [-0.05, 0) is 24.7 Å². The van der Waals surface area contributed by atoms with E-state index in [-0.39, 0.29) is 25.2 Å². The molecule has 0 rings (SSSR count). The molecule has 0 aliphatic carbocycles. The van der Waals surface area contributed by atoms with Gasteiger partial charge in [0.2, 0.25) is 0 Å². The van der Waals surface area contributed by atoms with E-state index >= 15 is 0 Å². The molecule has 0 fully saturated rings. The molecule has 0 saturated heterocycles. The lowest BCUT2D eigenvalue weighted by atomic mass is 10.0. The van der Waals surface area contributed by atoms with Crippen molar-refractivity contribution in [2.45, 2.75) is 194 Å². The van der Waals surface area contributed by atoms with E-state index < -0.39 is 6.10 Å². The molecule has 0 aromatic rings. The minimum atomic E-state index is -0.762. The third-order valence-corrected chi connectivity index (χ3v) is 8.01. The molecule has 0 unspecified atom stereocenters. The Balaban J connectivity index is 3.49. The molecule has 0 amide bonds. The Morgan fingerprint density at radius 1 is 0.488 bits per heavy atom. The fourth-order valence-electron chi connectivity index (χ4n) is 5.28. The average Bonchev–Trinajstić information content (AvgIpc) is 2.93. The van der Waals surface area contributed by atoms with E-state index in [4.69, 9.17) is 9.47 Å². The van der Waals surface area contributed by atoms with Crippen LogP contribution in [0.5, 0.6) is 0 Å². The summed E-state index contributed by atoms with van der Waals surface area (Å²) in [6.07, 6.45) is 28.9. The lowest BCUT2D eigenvalue weighted by molar-refractivity contribution is -0.161. The van der Waals surface area contributed by atoms with Crippen LogP contribution in [-0.2, 0) is 19.1 Å². The maximum absolute atomic E-state index is 12.0. The second-order valence-electron chi connectivity index (χ2n) is 13.3. The normalized spacial score (nSPS) is 12.3. The largest absolute Gasteiger partial charge is 0.462 e. The Hall–Kier alpha value is -1.10. The van der Waals surface area contributed by atoms with Crippen molar-refractivity contribution in [2.75, 3.05) is 13.2 Å². The molecule has 0 radical (unpaired) electrons. The van der Waals surface area contributed by atoms with Gasteiger partial charge in [-0.2, -0.15) is 0 Å². The van der Waals surface area contributed by atoms with Crippen molar-refractivity contribution in [3.8, 4) is 0 Å². The van der Waals surface area contributed by atoms with Gasteiger partial charge in [0.05, 0.1) is 6.61 Å². The third kappa shape index (κ3) is 31.7. The van der Waals surface area contributed by atoms with E-state index in [0.717, 1.165) is 43.9 Å². The van der Waals surface area contributed by atoms with E-state index in [1.807, 2.05) is 0 Å². The number of hydrogen-bond donors (Lipinski definition) is 1. The molecule has 0 heterocycles. The molecule has 0 aliphatic heterocycles. The maximum atomic E-state index is 12.0. The Morgan fingerprint density at radius 3 is 1.15 bits per heavy atom. The van der Waals surface area contributed by atoms with Crippen molar-refractivity contribution in [2.24, 2.45) is 11.8 Å². The van der Waals surface area contributed by atoms with Gasteiger partial charge >= 0.3 is 11.9 Å². The molecular weight excluding hydrogens is 512 g/mol. The van der Waals surface area contributed by atoms with Crippen molar-refractivity contribution < 1.29 is 24.2 Å². The molecule has 0 spiro atoms. The summed E-state index contributed by atoms with van der Waals surface area (Å²) >= 11 is 0. The number of unbranched alkanes of at least 4 members (excludes halogenated alkanes) is 19. The topological polar surface area (TPSA) is 72.8 Å². The van der Waals surface area contributed by atoms with Crippen LogP contribution in [-0.4, -0.2) is 36.4 Å². The summed E-state index contributed by atoms with van der Waals surface area (Å²) in [6.45, 7) is 8.77. The summed E-state index contributed by atoms with van der Waals surface area (Å²) in [4.78, 5) is 24.1. The second kappa shape index (κ2) is 30.4. The third-order valence-electron chi connectivity index (χ3n) is 8.01. The van der Waals surface area contributed by atoms with Gasteiger partial charge in [0.15, 0.2) is 6.10 Å². The van der Waals surface area contributed by atoms with E-state index in [1.54, 1.807) is 0 Å². The smallest absolute Gasteiger partial charge is 0.306 e. The van der Waals surface area contributed by atoms with Gasteiger partial charge in [0, 0.05) is 12.8 Å². The molecule has 244 valence electrons. The highest BCUT2D eigenvalue weighted by atomic mass is 16.6. The molecular formula is C36H70O5. The Morgan fingerprint density at radius 2 is 0.805 bits per heavy atom. The zero-order chi connectivity index (χ0) is 30.4. The zero-order valence-electron chi connectivity index (χ0n) is 27.9. The lowest BCUT2D eigenvalue weighted by Gasteiger charge is -2.15. The Bertz CT molecular complexity index is 574. The molecule has 1 atom stereocenters. The highest BCUT2D eigenvalue weighted by molar-refractivity contribution is 5.70. The first-order valence-electron chi connectivity index (χ1n) is 17.8. The fraction of sp³-hybridized carbons (Fsp3) is 0.944. The summed E-state index contributed by atoms with van der Waals surface area (Å²) < 4.78 is 10.5. The highest BCUT2D eigenvalue weighted by Gasteiger charge is 2.16. The van der Waals surface area contributed by atoms with Crippen LogP contribution in [0.2, 0.25) is 0 Å². The first kappa shape index (κ1) is 39.9.